The summed E-state index contributed by atoms with van der Waals surface area (Å²) in [5, 5.41) is 15.5. The van der Waals surface area contributed by atoms with E-state index in [4.69, 9.17) is 0 Å². The third-order valence-corrected chi connectivity index (χ3v) is 6.10. The van der Waals surface area contributed by atoms with Crippen LogP contribution in [0.25, 0.3) is 5.69 Å². The minimum absolute atomic E-state index is 0.0679. The predicted octanol–water partition coefficient (Wildman–Crippen LogP) is 4.83. The van der Waals surface area contributed by atoms with Crippen molar-refractivity contribution in [2.75, 3.05) is 5.32 Å². The van der Waals surface area contributed by atoms with Gasteiger partial charge in [-0.05, 0) is 72.4 Å². The summed E-state index contributed by atoms with van der Waals surface area (Å²) in [6.07, 6.45) is 0. The summed E-state index contributed by atoms with van der Waals surface area (Å²) in [6.45, 7) is 12.2. The van der Waals surface area contributed by atoms with Crippen LogP contribution in [0.4, 0.5) is 5.69 Å². The maximum atomic E-state index is 12.9. The number of benzene rings is 2. The van der Waals surface area contributed by atoms with Crippen LogP contribution in [0, 0.1) is 20.8 Å². The van der Waals surface area contributed by atoms with Gasteiger partial charge < -0.3 is 5.32 Å². The van der Waals surface area contributed by atoms with E-state index in [1.165, 1.54) is 17.3 Å². The molecule has 3 rings (SSSR count). The smallest absolute Gasteiger partial charge is 0.237 e. The second-order valence-electron chi connectivity index (χ2n) is 7.54. The first-order valence-corrected chi connectivity index (χ1v) is 10.6. The van der Waals surface area contributed by atoms with E-state index in [1.807, 2.05) is 45.0 Å². The molecule has 1 atom stereocenters. The van der Waals surface area contributed by atoms with Crippen LogP contribution in [0.3, 0.4) is 0 Å². The SMILES string of the molecule is Cc1cccc(-n2nnnc2S[C@H](C)C(=O)Nc2c(C)cccc2C(C)C)c1C. The van der Waals surface area contributed by atoms with E-state index in [9.17, 15) is 4.79 Å². The highest BCUT2D eigenvalue weighted by molar-refractivity contribution is 8.00. The van der Waals surface area contributed by atoms with Crippen LogP contribution >= 0.6 is 11.8 Å². The number of rotatable bonds is 6. The number of aromatic nitrogens is 4. The predicted molar refractivity (Wildman–Crippen MR) is 118 cm³/mol. The maximum Gasteiger partial charge on any atom is 0.237 e. The summed E-state index contributed by atoms with van der Waals surface area (Å²) in [5.74, 6) is 0.256. The number of tetrazole rings is 1. The van der Waals surface area contributed by atoms with Gasteiger partial charge in [0.2, 0.25) is 11.1 Å². The summed E-state index contributed by atoms with van der Waals surface area (Å²) in [7, 11) is 0. The molecule has 152 valence electrons. The number of aryl methyl sites for hydroxylation is 2. The lowest BCUT2D eigenvalue weighted by atomic mass is 9.98. The number of amides is 1. The summed E-state index contributed by atoms with van der Waals surface area (Å²) < 4.78 is 1.70. The van der Waals surface area contributed by atoms with E-state index in [0.717, 1.165) is 28.1 Å². The molecular weight excluding hydrogens is 382 g/mol. The van der Waals surface area contributed by atoms with Gasteiger partial charge in [0.1, 0.15) is 0 Å². The van der Waals surface area contributed by atoms with Crippen molar-refractivity contribution in [3.8, 4) is 5.69 Å². The average molecular weight is 410 g/mol. The molecule has 1 aromatic heterocycles. The van der Waals surface area contributed by atoms with Crippen LogP contribution in [-0.2, 0) is 4.79 Å². The Balaban J connectivity index is 1.81. The van der Waals surface area contributed by atoms with Crippen molar-refractivity contribution >= 4 is 23.4 Å². The van der Waals surface area contributed by atoms with Crippen molar-refractivity contribution < 1.29 is 4.79 Å². The van der Waals surface area contributed by atoms with Crippen LogP contribution in [0.15, 0.2) is 41.6 Å². The highest BCUT2D eigenvalue weighted by atomic mass is 32.2. The molecule has 7 heteroatoms. The fourth-order valence-corrected chi connectivity index (χ4v) is 3.95. The lowest BCUT2D eigenvalue weighted by Gasteiger charge is -2.18. The highest BCUT2D eigenvalue weighted by Crippen LogP contribution is 2.30. The van der Waals surface area contributed by atoms with Crippen LogP contribution < -0.4 is 5.32 Å². The standard InChI is InChI=1S/C22H27N5OS/c1-13(2)18-11-7-10-15(4)20(18)23-21(28)17(6)29-22-24-25-26-27(22)19-12-8-9-14(3)16(19)5/h7-13,17H,1-6H3,(H,23,28)/t17-/m1/s1. The summed E-state index contributed by atoms with van der Waals surface area (Å²) in [6, 6.07) is 12.1. The van der Waals surface area contributed by atoms with Gasteiger partial charge in [0.15, 0.2) is 0 Å². The Hall–Kier alpha value is -2.67. The monoisotopic (exact) mass is 409 g/mol. The van der Waals surface area contributed by atoms with Crippen LogP contribution in [0.1, 0.15) is 48.9 Å². The molecule has 0 unspecified atom stereocenters. The number of hydrogen-bond donors (Lipinski definition) is 1. The number of carbonyl (C=O) groups is 1. The van der Waals surface area contributed by atoms with Crippen molar-refractivity contribution in [2.24, 2.45) is 0 Å². The minimum atomic E-state index is -0.357. The lowest BCUT2D eigenvalue weighted by Crippen LogP contribution is -2.24. The first-order chi connectivity index (χ1) is 13.8. The van der Waals surface area contributed by atoms with Crippen LogP contribution in [0.2, 0.25) is 0 Å². The minimum Gasteiger partial charge on any atom is -0.325 e. The molecule has 0 radical (unpaired) electrons. The fraction of sp³-hybridized carbons (Fsp3) is 0.364. The second kappa shape index (κ2) is 8.78. The van der Waals surface area contributed by atoms with Gasteiger partial charge in [-0.1, -0.05) is 55.9 Å². The molecule has 0 aliphatic rings. The number of thioether (sulfide) groups is 1. The van der Waals surface area contributed by atoms with Gasteiger partial charge >= 0.3 is 0 Å². The zero-order valence-corrected chi connectivity index (χ0v) is 18.5. The molecule has 0 aliphatic heterocycles. The topological polar surface area (TPSA) is 72.7 Å². The molecule has 3 aromatic rings. The van der Waals surface area contributed by atoms with Crippen molar-refractivity contribution in [1.82, 2.24) is 20.2 Å². The van der Waals surface area contributed by atoms with E-state index in [1.54, 1.807) is 4.68 Å². The molecule has 0 bridgehead atoms. The molecule has 29 heavy (non-hydrogen) atoms. The molecule has 1 heterocycles. The highest BCUT2D eigenvalue weighted by Gasteiger charge is 2.22. The Bertz CT molecular complexity index is 1030. The average Bonchev–Trinajstić information content (AvgIpc) is 3.13. The van der Waals surface area contributed by atoms with E-state index in [-0.39, 0.29) is 11.2 Å². The summed E-state index contributed by atoms with van der Waals surface area (Å²) >= 11 is 1.35. The number of carbonyl (C=O) groups excluding carboxylic acids is 1. The Morgan fingerprint density at radius 3 is 2.45 bits per heavy atom. The van der Waals surface area contributed by atoms with Crippen LogP contribution in [-0.4, -0.2) is 31.4 Å². The van der Waals surface area contributed by atoms with Gasteiger partial charge in [-0.3, -0.25) is 4.79 Å². The van der Waals surface area contributed by atoms with E-state index < -0.39 is 0 Å². The van der Waals surface area contributed by atoms with E-state index >= 15 is 0 Å². The molecule has 0 fully saturated rings. The normalized spacial score (nSPS) is 12.2. The van der Waals surface area contributed by atoms with Crippen molar-refractivity contribution in [3.05, 3.63) is 58.7 Å². The summed E-state index contributed by atoms with van der Waals surface area (Å²) in [5.41, 5.74) is 6.29. The number of para-hydroxylation sites is 1. The molecule has 2 aromatic carbocycles. The molecular formula is C22H27N5OS. The van der Waals surface area contributed by atoms with Crippen LogP contribution in [0.5, 0.6) is 0 Å². The molecule has 6 nitrogen and oxygen atoms in total. The van der Waals surface area contributed by atoms with Gasteiger partial charge in [-0.2, -0.15) is 4.68 Å². The zero-order valence-electron chi connectivity index (χ0n) is 17.7. The number of anilines is 1. The number of nitrogens with one attached hydrogen (secondary N) is 1. The quantitative estimate of drug-likeness (QED) is 0.590. The number of nitrogens with zero attached hydrogens (tertiary/aromatic N) is 4. The third kappa shape index (κ3) is 4.50. The molecule has 0 aliphatic carbocycles. The Morgan fingerprint density at radius 2 is 1.72 bits per heavy atom. The van der Waals surface area contributed by atoms with Crippen molar-refractivity contribution in [2.45, 2.75) is 57.9 Å². The van der Waals surface area contributed by atoms with Crippen molar-refractivity contribution in [1.29, 1.82) is 0 Å². The van der Waals surface area contributed by atoms with Gasteiger partial charge in [0.25, 0.3) is 0 Å². The van der Waals surface area contributed by atoms with E-state index in [0.29, 0.717) is 11.1 Å². The summed E-state index contributed by atoms with van der Waals surface area (Å²) in [4.78, 5) is 12.9. The first-order valence-electron chi connectivity index (χ1n) is 9.71. The van der Waals surface area contributed by atoms with Gasteiger partial charge in [0, 0.05) is 5.69 Å². The van der Waals surface area contributed by atoms with E-state index in [2.05, 4.69) is 53.7 Å². The molecule has 0 spiro atoms. The largest absolute Gasteiger partial charge is 0.325 e. The Labute approximate surface area is 176 Å². The first kappa shape index (κ1) is 21.0. The maximum absolute atomic E-state index is 12.9. The van der Waals surface area contributed by atoms with Gasteiger partial charge in [0.05, 0.1) is 10.9 Å². The fourth-order valence-electron chi connectivity index (χ4n) is 3.15. The molecule has 1 N–H and O–H groups in total. The van der Waals surface area contributed by atoms with Crippen molar-refractivity contribution in [3.63, 3.8) is 0 Å². The third-order valence-electron chi connectivity index (χ3n) is 5.07. The molecule has 1 amide bonds. The van der Waals surface area contributed by atoms with Gasteiger partial charge in [-0.15, -0.1) is 5.10 Å². The second-order valence-corrected chi connectivity index (χ2v) is 8.84. The van der Waals surface area contributed by atoms with Gasteiger partial charge in [-0.25, -0.2) is 0 Å². The Morgan fingerprint density at radius 1 is 1.03 bits per heavy atom. The Kier molecular flexibility index (Phi) is 6.37. The zero-order chi connectivity index (χ0) is 21.1. The lowest BCUT2D eigenvalue weighted by molar-refractivity contribution is -0.115. The molecule has 0 saturated carbocycles. The number of hydrogen-bond acceptors (Lipinski definition) is 5. The molecule has 0 saturated heterocycles.